The predicted octanol–water partition coefficient (Wildman–Crippen LogP) is 0.731. The highest BCUT2D eigenvalue weighted by Gasteiger charge is 2.42. The summed E-state index contributed by atoms with van der Waals surface area (Å²) in [6, 6.07) is 0.164. The Morgan fingerprint density at radius 1 is 1.52 bits per heavy atom. The normalized spacial score (nSPS) is 28.6. The molecule has 0 unspecified atom stereocenters. The van der Waals surface area contributed by atoms with Crippen LogP contribution in [0.25, 0.3) is 0 Å². The first-order valence-electron chi connectivity index (χ1n) is 7.77. The number of aromatic nitrogens is 2. The van der Waals surface area contributed by atoms with Crippen molar-refractivity contribution < 1.29 is 14.6 Å². The fraction of sp³-hybridized carbons (Fsp3) is 0.733. The number of carbonyl (C=O) groups is 1. The van der Waals surface area contributed by atoms with Crippen molar-refractivity contribution in [3.63, 3.8) is 0 Å². The van der Waals surface area contributed by atoms with E-state index in [2.05, 4.69) is 10.2 Å². The molecule has 2 aliphatic rings. The number of aliphatic hydroxyl groups excluding tert-OH is 1. The maximum atomic E-state index is 12.4. The Labute approximate surface area is 124 Å². The minimum Gasteiger partial charge on any atom is -0.396 e. The second-order valence-corrected chi connectivity index (χ2v) is 6.04. The molecule has 0 aromatic carbocycles. The van der Waals surface area contributed by atoms with E-state index >= 15 is 0 Å². The molecule has 3 rings (SSSR count). The highest BCUT2D eigenvalue weighted by atomic mass is 16.5. The molecule has 116 valence electrons. The van der Waals surface area contributed by atoms with Crippen LogP contribution in [0, 0.1) is 5.92 Å². The largest absolute Gasteiger partial charge is 0.396 e. The molecule has 1 saturated heterocycles. The molecule has 1 saturated carbocycles. The van der Waals surface area contributed by atoms with E-state index in [1.165, 1.54) is 0 Å². The van der Waals surface area contributed by atoms with Crippen LogP contribution in [0.3, 0.4) is 0 Å². The number of morpholine rings is 1. The number of hydrogen-bond donors (Lipinski definition) is 2. The zero-order valence-corrected chi connectivity index (χ0v) is 12.2. The first kappa shape index (κ1) is 14.5. The predicted molar refractivity (Wildman–Crippen MR) is 76.6 cm³/mol. The van der Waals surface area contributed by atoms with Crippen molar-refractivity contribution >= 4 is 5.91 Å². The number of carbonyl (C=O) groups excluding carboxylic acids is 1. The van der Waals surface area contributed by atoms with Crippen LogP contribution in [0.4, 0.5) is 0 Å². The number of aromatic amines is 1. The Morgan fingerprint density at radius 2 is 2.43 bits per heavy atom. The Balaban J connectivity index is 1.51. The van der Waals surface area contributed by atoms with Crippen LogP contribution in [0.15, 0.2) is 12.4 Å². The lowest BCUT2D eigenvalue weighted by atomic mass is 10.1. The molecule has 1 aliphatic carbocycles. The van der Waals surface area contributed by atoms with Crippen molar-refractivity contribution in [2.75, 3.05) is 19.8 Å². The molecule has 1 aromatic heterocycles. The summed E-state index contributed by atoms with van der Waals surface area (Å²) in [6.07, 6.45) is 7.83. The van der Waals surface area contributed by atoms with E-state index in [0.717, 1.165) is 31.2 Å². The van der Waals surface area contributed by atoms with Gasteiger partial charge in [0.1, 0.15) is 0 Å². The van der Waals surface area contributed by atoms with Gasteiger partial charge in [-0.2, -0.15) is 5.10 Å². The third-order valence-electron chi connectivity index (χ3n) is 4.62. The van der Waals surface area contributed by atoms with Crippen molar-refractivity contribution in [1.82, 2.24) is 15.1 Å². The fourth-order valence-electron chi connectivity index (χ4n) is 3.51. The molecule has 3 atom stereocenters. The van der Waals surface area contributed by atoms with Crippen LogP contribution in [0.5, 0.6) is 0 Å². The summed E-state index contributed by atoms with van der Waals surface area (Å²) in [5.41, 5.74) is 1.14. The number of nitrogens with one attached hydrogen (secondary N) is 1. The van der Waals surface area contributed by atoms with E-state index in [4.69, 9.17) is 4.74 Å². The molecule has 1 amide bonds. The number of aryl methyl sites for hydroxylation is 1. The molecule has 0 spiro atoms. The molecule has 2 fully saturated rings. The monoisotopic (exact) mass is 293 g/mol. The van der Waals surface area contributed by atoms with Gasteiger partial charge in [-0.3, -0.25) is 9.89 Å². The summed E-state index contributed by atoms with van der Waals surface area (Å²) < 4.78 is 5.76. The molecule has 6 nitrogen and oxygen atoms in total. The minimum absolute atomic E-state index is 0.119. The molecule has 1 aromatic rings. The number of hydrogen-bond acceptors (Lipinski definition) is 4. The molecular formula is C15H23N3O3. The van der Waals surface area contributed by atoms with Crippen LogP contribution >= 0.6 is 0 Å². The fourth-order valence-corrected chi connectivity index (χ4v) is 3.51. The second kappa shape index (κ2) is 6.58. The standard InChI is InChI=1S/C15H23N3O3/c19-10-12-6-13-14(7-12)21-5-4-18(13)15(20)3-1-2-11-8-16-17-9-11/h8-9,12-14,19H,1-7,10H2,(H,16,17)/t12-,13+,14+/m1/s1. The molecule has 0 bridgehead atoms. The number of nitrogens with zero attached hydrogens (tertiary/aromatic N) is 2. The average Bonchev–Trinajstić information content (AvgIpc) is 3.15. The van der Waals surface area contributed by atoms with Crippen LogP contribution in [-0.2, 0) is 16.0 Å². The lowest BCUT2D eigenvalue weighted by Gasteiger charge is -2.37. The highest BCUT2D eigenvalue weighted by Crippen LogP contribution is 2.34. The third kappa shape index (κ3) is 3.27. The molecule has 0 radical (unpaired) electrons. The van der Waals surface area contributed by atoms with Gasteiger partial charge in [-0.25, -0.2) is 0 Å². The number of ether oxygens (including phenoxy) is 1. The van der Waals surface area contributed by atoms with E-state index in [1.807, 2.05) is 11.1 Å². The third-order valence-corrected chi connectivity index (χ3v) is 4.62. The Bertz CT molecular complexity index is 463. The van der Waals surface area contributed by atoms with Crippen molar-refractivity contribution in [3.05, 3.63) is 18.0 Å². The smallest absolute Gasteiger partial charge is 0.222 e. The highest BCUT2D eigenvalue weighted by molar-refractivity contribution is 5.76. The van der Waals surface area contributed by atoms with Gasteiger partial charge < -0.3 is 14.7 Å². The van der Waals surface area contributed by atoms with Gasteiger partial charge >= 0.3 is 0 Å². The minimum atomic E-state index is 0.119. The summed E-state index contributed by atoms with van der Waals surface area (Å²) in [6.45, 7) is 1.50. The van der Waals surface area contributed by atoms with Crippen LogP contribution in [0.1, 0.15) is 31.2 Å². The molecule has 6 heteroatoms. The van der Waals surface area contributed by atoms with E-state index in [9.17, 15) is 9.90 Å². The summed E-state index contributed by atoms with van der Waals surface area (Å²) in [5.74, 6) is 0.495. The van der Waals surface area contributed by atoms with Crippen LogP contribution < -0.4 is 0 Å². The summed E-state index contributed by atoms with van der Waals surface area (Å²) >= 11 is 0. The Hall–Kier alpha value is -1.40. The Kier molecular flexibility index (Phi) is 4.55. The molecule has 2 N–H and O–H groups in total. The van der Waals surface area contributed by atoms with Gasteiger partial charge in [0, 0.05) is 25.8 Å². The lowest BCUT2D eigenvalue weighted by Crippen LogP contribution is -2.51. The molecule has 2 heterocycles. The van der Waals surface area contributed by atoms with Crippen molar-refractivity contribution in [1.29, 1.82) is 0 Å². The van der Waals surface area contributed by atoms with Crippen molar-refractivity contribution in [2.45, 2.75) is 44.2 Å². The number of aliphatic hydroxyl groups is 1. The topological polar surface area (TPSA) is 78.5 Å². The molecule has 21 heavy (non-hydrogen) atoms. The van der Waals surface area contributed by atoms with Gasteiger partial charge in [0.15, 0.2) is 0 Å². The van der Waals surface area contributed by atoms with E-state index in [0.29, 0.717) is 19.6 Å². The zero-order chi connectivity index (χ0) is 14.7. The maximum Gasteiger partial charge on any atom is 0.222 e. The lowest BCUT2D eigenvalue weighted by molar-refractivity contribution is -0.144. The van der Waals surface area contributed by atoms with Gasteiger partial charge in [0.2, 0.25) is 5.91 Å². The van der Waals surface area contributed by atoms with Gasteiger partial charge in [-0.15, -0.1) is 0 Å². The van der Waals surface area contributed by atoms with E-state index in [-0.39, 0.29) is 30.6 Å². The number of amides is 1. The molecular weight excluding hydrogens is 270 g/mol. The Morgan fingerprint density at radius 3 is 3.19 bits per heavy atom. The summed E-state index contributed by atoms with van der Waals surface area (Å²) in [7, 11) is 0. The summed E-state index contributed by atoms with van der Waals surface area (Å²) in [4.78, 5) is 14.4. The first-order valence-corrected chi connectivity index (χ1v) is 7.77. The number of rotatable bonds is 5. The van der Waals surface area contributed by atoms with Gasteiger partial charge in [0.25, 0.3) is 0 Å². The van der Waals surface area contributed by atoms with Crippen LogP contribution in [0.2, 0.25) is 0 Å². The zero-order valence-electron chi connectivity index (χ0n) is 12.2. The van der Waals surface area contributed by atoms with Crippen molar-refractivity contribution in [3.8, 4) is 0 Å². The number of fused-ring (bicyclic) bond motifs is 1. The number of H-pyrrole nitrogens is 1. The first-order chi connectivity index (χ1) is 10.3. The maximum absolute atomic E-state index is 12.4. The second-order valence-electron chi connectivity index (χ2n) is 6.04. The SMILES string of the molecule is O=C(CCCc1cn[nH]c1)N1CCO[C@H]2C[C@H](CO)C[C@@H]21. The summed E-state index contributed by atoms with van der Waals surface area (Å²) in [5, 5.41) is 16.0. The average molecular weight is 293 g/mol. The molecule has 1 aliphatic heterocycles. The van der Waals surface area contributed by atoms with E-state index in [1.54, 1.807) is 6.20 Å². The van der Waals surface area contributed by atoms with Gasteiger partial charge in [-0.05, 0) is 37.2 Å². The van der Waals surface area contributed by atoms with Crippen LogP contribution in [-0.4, -0.2) is 58.0 Å². The van der Waals surface area contributed by atoms with E-state index < -0.39 is 0 Å². The van der Waals surface area contributed by atoms with Gasteiger partial charge in [0.05, 0.1) is 24.9 Å². The quantitative estimate of drug-likeness (QED) is 0.839. The van der Waals surface area contributed by atoms with Gasteiger partial charge in [-0.1, -0.05) is 0 Å². The van der Waals surface area contributed by atoms with Crippen molar-refractivity contribution in [2.24, 2.45) is 5.92 Å².